The molecule has 1 aliphatic rings. The van der Waals surface area contributed by atoms with Crippen LogP contribution in [-0.4, -0.2) is 40.6 Å². The van der Waals surface area contributed by atoms with E-state index in [1.54, 1.807) is 12.3 Å². The lowest BCUT2D eigenvalue weighted by Gasteiger charge is -2.08. The molecule has 1 aromatic carbocycles. The van der Waals surface area contributed by atoms with Crippen molar-refractivity contribution in [3.05, 3.63) is 36.2 Å². The first kappa shape index (κ1) is 14.5. The number of hydrogen-bond acceptors (Lipinski definition) is 5. The molecule has 3 aromatic rings. The zero-order valence-corrected chi connectivity index (χ0v) is 13.2. The highest BCUT2D eigenvalue weighted by Gasteiger charge is 2.18. The van der Waals surface area contributed by atoms with Crippen LogP contribution in [0.3, 0.4) is 0 Å². The smallest absolute Gasteiger partial charge is 0.255 e. The first-order valence-electron chi connectivity index (χ1n) is 7.89. The van der Waals surface area contributed by atoms with Crippen molar-refractivity contribution in [1.29, 1.82) is 0 Å². The van der Waals surface area contributed by atoms with Crippen molar-refractivity contribution >= 4 is 22.9 Å². The Morgan fingerprint density at radius 2 is 2.25 bits per heavy atom. The van der Waals surface area contributed by atoms with Gasteiger partial charge >= 0.3 is 0 Å². The summed E-state index contributed by atoms with van der Waals surface area (Å²) in [6.07, 6.45) is 3.69. The second kappa shape index (κ2) is 5.84. The maximum Gasteiger partial charge on any atom is 0.255 e. The molecule has 0 radical (unpaired) electrons. The van der Waals surface area contributed by atoms with Crippen LogP contribution in [0.15, 0.2) is 30.6 Å². The van der Waals surface area contributed by atoms with E-state index in [9.17, 15) is 4.79 Å². The SMILES string of the molecule is CCNc1ncc2c(-c3ccc4c(c3)OCCNC4=O)c[nH]c2n1. The summed E-state index contributed by atoms with van der Waals surface area (Å²) in [6, 6.07) is 5.59. The number of carbonyl (C=O) groups is 1. The molecule has 0 atom stereocenters. The number of aromatic amines is 1. The van der Waals surface area contributed by atoms with E-state index in [0.29, 0.717) is 30.4 Å². The average molecular weight is 323 g/mol. The molecule has 24 heavy (non-hydrogen) atoms. The number of nitrogens with one attached hydrogen (secondary N) is 3. The van der Waals surface area contributed by atoms with Crippen molar-refractivity contribution in [2.45, 2.75) is 6.92 Å². The molecule has 2 aromatic heterocycles. The molecule has 0 unspecified atom stereocenters. The number of rotatable bonds is 3. The van der Waals surface area contributed by atoms with E-state index in [2.05, 4.69) is 25.6 Å². The van der Waals surface area contributed by atoms with Crippen LogP contribution in [-0.2, 0) is 0 Å². The Kier molecular flexibility index (Phi) is 3.53. The van der Waals surface area contributed by atoms with Gasteiger partial charge < -0.3 is 20.4 Å². The lowest BCUT2D eigenvalue weighted by molar-refractivity contribution is 0.0957. The molecule has 0 bridgehead atoms. The second-order valence-corrected chi connectivity index (χ2v) is 5.50. The summed E-state index contributed by atoms with van der Waals surface area (Å²) in [7, 11) is 0. The highest BCUT2D eigenvalue weighted by atomic mass is 16.5. The Labute approximate surface area is 138 Å². The summed E-state index contributed by atoms with van der Waals surface area (Å²) < 4.78 is 5.69. The summed E-state index contributed by atoms with van der Waals surface area (Å²) in [6.45, 7) is 3.74. The van der Waals surface area contributed by atoms with Crippen LogP contribution in [0.4, 0.5) is 5.95 Å². The predicted octanol–water partition coefficient (Wildman–Crippen LogP) is 2.18. The van der Waals surface area contributed by atoms with Gasteiger partial charge in [0, 0.05) is 29.9 Å². The van der Waals surface area contributed by atoms with Crippen LogP contribution in [0.2, 0.25) is 0 Å². The molecule has 1 aliphatic heterocycles. The van der Waals surface area contributed by atoms with Crippen molar-refractivity contribution in [3.63, 3.8) is 0 Å². The van der Waals surface area contributed by atoms with Gasteiger partial charge in [-0.25, -0.2) is 4.98 Å². The second-order valence-electron chi connectivity index (χ2n) is 5.50. The number of amides is 1. The van der Waals surface area contributed by atoms with E-state index in [4.69, 9.17) is 4.74 Å². The van der Waals surface area contributed by atoms with Crippen LogP contribution in [0, 0.1) is 0 Å². The summed E-state index contributed by atoms with van der Waals surface area (Å²) in [5.74, 6) is 1.09. The molecule has 7 nitrogen and oxygen atoms in total. The van der Waals surface area contributed by atoms with Gasteiger partial charge in [0.2, 0.25) is 5.95 Å². The summed E-state index contributed by atoms with van der Waals surface area (Å²) >= 11 is 0. The number of hydrogen-bond donors (Lipinski definition) is 3. The molecule has 3 N–H and O–H groups in total. The van der Waals surface area contributed by atoms with Crippen LogP contribution < -0.4 is 15.4 Å². The third-order valence-electron chi connectivity index (χ3n) is 3.95. The van der Waals surface area contributed by atoms with Gasteiger partial charge in [-0.05, 0) is 24.6 Å². The van der Waals surface area contributed by atoms with Crippen LogP contribution in [0.1, 0.15) is 17.3 Å². The zero-order valence-electron chi connectivity index (χ0n) is 13.2. The monoisotopic (exact) mass is 323 g/mol. The molecule has 0 aliphatic carbocycles. The van der Waals surface area contributed by atoms with E-state index in [1.807, 2.05) is 25.3 Å². The molecule has 7 heteroatoms. The number of fused-ring (bicyclic) bond motifs is 2. The van der Waals surface area contributed by atoms with E-state index >= 15 is 0 Å². The molecule has 0 fully saturated rings. The largest absolute Gasteiger partial charge is 0.491 e. The van der Waals surface area contributed by atoms with Gasteiger partial charge in [0.15, 0.2) is 0 Å². The standard InChI is InChI=1S/C17H17N5O2/c1-2-18-17-21-9-13-12(8-20-15(13)22-17)10-3-4-11-14(7-10)24-6-5-19-16(11)23/h3-4,7-9H,2,5-6H2,1H3,(H,19,23)(H2,18,20,21,22). The summed E-state index contributed by atoms with van der Waals surface area (Å²) in [5.41, 5.74) is 3.25. The maximum absolute atomic E-state index is 12.0. The van der Waals surface area contributed by atoms with Crippen molar-refractivity contribution in [2.75, 3.05) is 25.0 Å². The molecule has 1 amide bonds. The van der Waals surface area contributed by atoms with Gasteiger partial charge in [0.1, 0.15) is 18.0 Å². The first-order valence-corrected chi connectivity index (χ1v) is 7.89. The zero-order chi connectivity index (χ0) is 16.5. The first-order chi connectivity index (χ1) is 11.8. The minimum atomic E-state index is -0.105. The van der Waals surface area contributed by atoms with Crippen molar-refractivity contribution < 1.29 is 9.53 Å². The number of aromatic nitrogens is 3. The maximum atomic E-state index is 12.0. The number of ether oxygens (including phenoxy) is 1. The molecule has 4 rings (SSSR count). The van der Waals surface area contributed by atoms with E-state index < -0.39 is 0 Å². The van der Waals surface area contributed by atoms with Crippen LogP contribution in [0.25, 0.3) is 22.2 Å². The van der Waals surface area contributed by atoms with E-state index in [1.165, 1.54) is 0 Å². The summed E-state index contributed by atoms with van der Waals surface area (Å²) in [4.78, 5) is 24.0. The predicted molar refractivity (Wildman–Crippen MR) is 91.3 cm³/mol. The molecule has 0 saturated heterocycles. The fourth-order valence-corrected chi connectivity index (χ4v) is 2.81. The fraction of sp³-hybridized carbons (Fsp3) is 0.235. The minimum Gasteiger partial charge on any atom is -0.491 e. The van der Waals surface area contributed by atoms with Gasteiger partial charge in [-0.2, -0.15) is 4.98 Å². The lowest BCUT2D eigenvalue weighted by atomic mass is 10.0. The van der Waals surface area contributed by atoms with Crippen molar-refractivity contribution in [3.8, 4) is 16.9 Å². The van der Waals surface area contributed by atoms with Gasteiger partial charge in [-0.3, -0.25) is 4.79 Å². The van der Waals surface area contributed by atoms with E-state index in [-0.39, 0.29) is 5.91 Å². The van der Waals surface area contributed by atoms with Gasteiger partial charge in [0.25, 0.3) is 5.91 Å². The minimum absolute atomic E-state index is 0.105. The number of H-pyrrole nitrogens is 1. The molecule has 0 spiro atoms. The van der Waals surface area contributed by atoms with Crippen molar-refractivity contribution in [1.82, 2.24) is 20.3 Å². The lowest BCUT2D eigenvalue weighted by Crippen LogP contribution is -2.24. The highest BCUT2D eigenvalue weighted by molar-refractivity contribution is 5.99. The topological polar surface area (TPSA) is 91.9 Å². The van der Waals surface area contributed by atoms with E-state index in [0.717, 1.165) is 28.7 Å². The molecular weight excluding hydrogens is 306 g/mol. The quantitative estimate of drug-likeness (QED) is 0.687. The molecule has 0 saturated carbocycles. The summed E-state index contributed by atoms with van der Waals surface area (Å²) in [5, 5.41) is 6.83. The Hall–Kier alpha value is -3.09. The fourth-order valence-electron chi connectivity index (χ4n) is 2.81. The Bertz CT molecular complexity index is 918. The number of anilines is 1. The van der Waals surface area contributed by atoms with Gasteiger partial charge in [-0.15, -0.1) is 0 Å². The Balaban J connectivity index is 1.77. The van der Waals surface area contributed by atoms with Crippen LogP contribution >= 0.6 is 0 Å². The highest BCUT2D eigenvalue weighted by Crippen LogP contribution is 2.32. The third kappa shape index (κ3) is 2.44. The number of carbonyl (C=O) groups excluding carboxylic acids is 1. The number of benzene rings is 1. The molecule has 3 heterocycles. The molecule has 122 valence electrons. The third-order valence-corrected chi connectivity index (χ3v) is 3.95. The van der Waals surface area contributed by atoms with Gasteiger partial charge in [-0.1, -0.05) is 6.07 Å². The molecular formula is C17H17N5O2. The van der Waals surface area contributed by atoms with Crippen LogP contribution in [0.5, 0.6) is 5.75 Å². The normalized spacial score (nSPS) is 13.8. The van der Waals surface area contributed by atoms with Crippen molar-refractivity contribution in [2.24, 2.45) is 0 Å². The Morgan fingerprint density at radius 1 is 1.33 bits per heavy atom. The van der Waals surface area contributed by atoms with Gasteiger partial charge in [0.05, 0.1) is 12.1 Å². The average Bonchev–Trinajstić information content (AvgIpc) is 2.92. The Morgan fingerprint density at radius 3 is 3.12 bits per heavy atom. The number of nitrogens with zero attached hydrogens (tertiary/aromatic N) is 2.